The molecule has 1 aliphatic rings. The largest absolute Gasteiger partial charge is 0.325 e. The van der Waals surface area contributed by atoms with Gasteiger partial charge in [0.1, 0.15) is 11.1 Å². The summed E-state index contributed by atoms with van der Waals surface area (Å²) in [6, 6.07) is 5.59. The average molecular weight is 380 g/mol. The van der Waals surface area contributed by atoms with E-state index in [1.165, 1.54) is 36.0 Å². The van der Waals surface area contributed by atoms with Crippen LogP contribution in [0.25, 0.3) is 0 Å². The summed E-state index contributed by atoms with van der Waals surface area (Å²) in [7, 11) is 0. The number of aliphatic imine (C=N–C) groups is 1. The smallest absolute Gasteiger partial charge is 0.238 e. The van der Waals surface area contributed by atoms with Crippen LogP contribution >= 0.6 is 11.8 Å². The van der Waals surface area contributed by atoms with Crippen LogP contribution in [0.15, 0.2) is 29.3 Å². The van der Waals surface area contributed by atoms with E-state index in [1.54, 1.807) is 4.90 Å². The molecule has 1 atom stereocenters. The minimum Gasteiger partial charge on any atom is -0.325 e. The maximum absolute atomic E-state index is 13.0. The summed E-state index contributed by atoms with van der Waals surface area (Å²) in [5.41, 5.74) is 0.516. The van der Waals surface area contributed by atoms with Crippen LogP contribution in [0, 0.1) is 5.82 Å². The second-order valence-electron chi connectivity index (χ2n) is 6.22. The molecule has 1 aliphatic heterocycles. The third-order valence-electron chi connectivity index (χ3n) is 4.04. The normalized spacial score (nSPS) is 19.0. The molecule has 0 radical (unpaired) electrons. The van der Waals surface area contributed by atoms with E-state index in [0.717, 1.165) is 25.7 Å². The van der Waals surface area contributed by atoms with Gasteiger partial charge in [0.25, 0.3) is 0 Å². The molecule has 1 fully saturated rings. The first kappa shape index (κ1) is 20.4. The predicted octanol–water partition coefficient (Wildman–Crippen LogP) is 4.05. The number of carbonyl (C=O) groups is 2. The van der Waals surface area contributed by atoms with Crippen LogP contribution in [0.2, 0.25) is 0 Å². The minimum absolute atomic E-state index is 0.0632. The molecule has 0 aromatic heterocycles. The number of rotatable bonds is 8. The summed E-state index contributed by atoms with van der Waals surface area (Å²) in [6.07, 6.45) is 4.02. The Morgan fingerprint density at radius 3 is 2.62 bits per heavy atom. The Morgan fingerprint density at radius 2 is 1.96 bits per heavy atom. The first-order valence-electron chi connectivity index (χ1n) is 9.13. The summed E-state index contributed by atoms with van der Waals surface area (Å²) in [5.74, 6) is -0.679. The van der Waals surface area contributed by atoms with Gasteiger partial charge >= 0.3 is 0 Å². The van der Waals surface area contributed by atoms with Gasteiger partial charge in [0.05, 0.1) is 0 Å². The van der Waals surface area contributed by atoms with Gasteiger partial charge in [0.2, 0.25) is 11.8 Å². The molecule has 7 heteroatoms. The van der Waals surface area contributed by atoms with E-state index in [9.17, 15) is 14.0 Å². The highest BCUT2D eigenvalue weighted by molar-refractivity contribution is 8.15. The molecule has 1 aromatic rings. The lowest BCUT2D eigenvalue weighted by Crippen LogP contribution is -2.45. The van der Waals surface area contributed by atoms with E-state index < -0.39 is 5.25 Å². The van der Waals surface area contributed by atoms with Gasteiger partial charge in [-0.3, -0.25) is 19.5 Å². The van der Waals surface area contributed by atoms with Crippen LogP contribution in [0.4, 0.5) is 10.1 Å². The van der Waals surface area contributed by atoms with E-state index >= 15 is 0 Å². The Hall–Kier alpha value is -1.89. The molecule has 1 N–H and O–H groups in total. The summed E-state index contributed by atoms with van der Waals surface area (Å²) in [6.45, 7) is 5.46. The number of thioether (sulfide) groups is 1. The van der Waals surface area contributed by atoms with Gasteiger partial charge in [-0.05, 0) is 37.1 Å². The van der Waals surface area contributed by atoms with Crippen molar-refractivity contribution in [2.75, 3.05) is 18.4 Å². The monoisotopic (exact) mass is 379 g/mol. The number of halogens is 1. The Labute approximate surface area is 158 Å². The molecule has 0 aliphatic carbocycles. The van der Waals surface area contributed by atoms with Crippen LogP contribution in [-0.2, 0) is 9.59 Å². The first-order chi connectivity index (χ1) is 12.5. The fourth-order valence-electron chi connectivity index (χ4n) is 2.50. The zero-order valence-corrected chi connectivity index (χ0v) is 16.2. The second kappa shape index (κ2) is 10.3. The quantitative estimate of drug-likeness (QED) is 0.693. The molecule has 142 valence electrons. The molecule has 0 bridgehead atoms. The molecular weight excluding hydrogens is 353 g/mol. The number of hydrogen-bond acceptors (Lipinski definition) is 4. The number of amides is 2. The van der Waals surface area contributed by atoms with Gasteiger partial charge in [0, 0.05) is 25.2 Å². The van der Waals surface area contributed by atoms with Gasteiger partial charge in [-0.15, -0.1) is 0 Å². The molecule has 1 saturated heterocycles. The van der Waals surface area contributed by atoms with Crippen molar-refractivity contribution in [1.82, 2.24) is 4.90 Å². The van der Waals surface area contributed by atoms with Crippen LogP contribution in [0.1, 0.15) is 46.0 Å². The number of anilines is 1. The highest BCUT2D eigenvalue weighted by atomic mass is 32.2. The van der Waals surface area contributed by atoms with Gasteiger partial charge < -0.3 is 5.32 Å². The van der Waals surface area contributed by atoms with E-state index in [1.807, 2.05) is 0 Å². The lowest BCUT2D eigenvalue weighted by molar-refractivity contribution is -0.129. The molecule has 1 aromatic carbocycles. The summed E-state index contributed by atoms with van der Waals surface area (Å²) >= 11 is 1.34. The summed E-state index contributed by atoms with van der Waals surface area (Å²) in [4.78, 5) is 31.4. The van der Waals surface area contributed by atoms with Crippen molar-refractivity contribution in [3.05, 3.63) is 30.1 Å². The highest BCUT2D eigenvalue weighted by Crippen LogP contribution is 2.28. The molecule has 2 rings (SSSR count). The van der Waals surface area contributed by atoms with Gasteiger partial charge in [-0.1, -0.05) is 38.5 Å². The molecule has 26 heavy (non-hydrogen) atoms. The van der Waals surface area contributed by atoms with E-state index in [4.69, 9.17) is 0 Å². The zero-order valence-electron chi connectivity index (χ0n) is 15.3. The van der Waals surface area contributed by atoms with Crippen molar-refractivity contribution in [3.8, 4) is 0 Å². The Morgan fingerprint density at radius 1 is 1.27 bits per heavy atom. The molecule has 5 nitrogen and oxygen atoms in total. The van der Waals surface area contributed by atoms with Crippen molar-refractivity contribution in [1.29, 1.82) is 0 Å². The third-order valence-corrected chi connectivity index (χ3v) is 5.26. The van der Waals surface area contributed by atoms with Gasteiger partial charge in [-0.25, -0.2) is 4.39 Å². The number of hydrogen-bond donors (Lipinski definition) is 1. The van der Waals surface area contributed by atoms with Crippen LogP contribution in [-0.4, -0.2) is 40.2 Å². The second-order valence-corrected chi connectivity index (χ2v) is 7.39. The SMILES string of the molecule is CCCCN=C1S[C@H](C(=O)Nc2ccc(F)cc2)CC(=O)N1CCCC. The molecule has 1 heterocycles. The fourth-order valence-corrected chi connectivity index (χ4v) is 3.63. The van der Waals surface area contributed by atoms with Crippen molar-refractivity contribution >= 4 is 34.4 Å². The van der Waals surface area contributed by atoms with Crippen LogP contribution in [0.3, 0.4) is 0 Å². The maximum Gasteiger partial charge on any atom is 0.238 e. The van der Waals surface area contributed by atoms with Gasteiger partial charge in [0.15, 0.2) is 5.17 Å². The molecule has 2 amide bonds. The molecule has 0 unspecified atom stereocenters. The number of nitrogens with zero attached hydrogens (tertiary/aromatic N) is 2. The van der Waals surface area contributed by atoms with Crippen molar-refractivity contribution < 1.29 is 14.0 Å². The maximum atomic E-state index is 13.0. The molecule has 0 saturated carbocycles. The highest BCUT2D eigenvalue weighted by Gasteiger charge is 2.35. The molecule has 0 spiro atoms. The number of carbonyl (C=O) groups excluding carboxylic acids is 2. The Kier molecular flexibility index (Phi) is 8.09. The molecular formula is C19H26FN3O2S. The van der Waals surface area contributed by atoms with E-state index in [-0.39, 0.29) is 24.1 Å². The van der Waals surface area contributed by atoms with Crippen LogP contribution < -0.4 is 5.32 Å². The van der Waals surface area contributed by atoms with Crippen LogP contribution in [0.5, 0.6) is 0 Å². The Balaban J connectivity index is 2.07. The third kappa shape index (κ3) is 5.83. The summed E-state index contributed by atoms with van der Waals surface area (Å²) < 4.78 is 13.0. The first-order valence-corrected chi connectivity index (χ1v) is 10.0. The number of nitrogens with one attached hydrogen (secondary N) is 1. The fraction of sp³-hybridized carbons (Fsp3) is 0.526. The minimum atomic E-state index is -0.522. The van der Waals surface area contributed by atoms with Crippen molar-refractivity contribution in [2.24, 2.45) is 4.99 Å². The lowest BCUT2D eigenvalue weighted by atomic mass is 10.2. The average Bonchev–Trinajstić information content (AvgIpc) is 2.63. The zero-order chi connectivity index (χ0) is 18.9. The lowest BCUT2D eigenvalue weighted by Gasteiger charge is -2.31. The summed E-state index contributed by atoms with van der Waals surface area (Å²) in [5, 5.41) is 2.87. The van der Waals surface area contributed by atoms with Crippen molar-refractivity contribution in [3.63, 3.8) is 0 Å². The number of amidine groups is 1. The standard InChI is InChI=1S/C19H26FN3O2S/c1-3-5-11-21-19-23(12-6-4-2)17(24)13-16(26-19)18(25)22-15-9-7-14(20)8-10-15/h7-10,16H,3-6,11-13H2,1-2H3,(H,22,25)/t16-/m0/s1. The predicted molar refractivity (Wildman–Crippen MR) is 105 cm³/mol. The van der Waals surface area contributed by atoms with Gasteiger partial charge in [-0.2, -0.15) is 0 Å². The topological polar surface area (TPSA) is 61.8 Å². The van der Waals surface area contributed by atoms with Crippen molar-refractivity contribution in [2.45, 2.75) is 51.2 Å². The van der Waals surface area contributed by atoms with E-state index in [2.05, 4.69) is 24.2 Å². The Bertz CT molecular complexity index is 649. The van der Waals surface area contributed by atoms with E-state index in [0.29, 0.717) is 23.9 Å². The number of unbranched alkanes of at least 4 members (excludes halogenated alkanes) is 2. The number of benzene rings is 1.